The summed E-state index contributed by atoms with van der Waals surface area (Å²) in [6.45, 7) is 0. The van der Waals surface area contributed by atoms with Crippen molar-refractivity contribution in [2.45, 2.75) is 12.8 Å². The lowest BCUT2D eigenvalue weighted by Gasteiger charge is -2.16. The highest BCUT2D eigenvalue weighted by Gasteiger charge is 2.10. The van der Waals surface area contributed by atoms with Crippen LogP contribution in [0.4, 0.5) is 0 Å². The molecule has 0 aliphatic heterocycles. The van der Waals surface area contributed by atoms with Crippen molar-refractivity contribution in [1.29, 1.82) is 0 Å². The van der Waals surface area contributed by atoms with Crippen molar-refractivity contribution in [1.82, 2.24) is 0 Å². The fraction of sp³-hybridized carbons (Fsp3) is 0.273. The van der Waals surface area contributed by atoms with Crippen LogP contribution in [-0.2, 0) is 6.42 Å². The number of hydrogen-bond acceptors (Lipinski definition) is 0. The molecule has 1 aromatic rings. The van der Waals surface area contributed by atoms with Gasteiger partial charge in [-0.1, -0.05) is 36.4 Å². The second kappa shape index (κ2) is 2.91. The Hall–Kier alpha value is -1.04. The van der Waals surface area contributed by atoms with Gasteiger partial charge in [-0.25, -0.2) is 0 Å². The van der Waals surface area contributed by atoms with E-state index in [1.165, 1.54) is 12.0 Å². The molecular formula is C11H11. The van der Waals surface area contributed by atoms with Crippen molar-refractivity contribution in [3.63, 3.8) is 0 Å². The van der Waals surface area contributed by atoms with Crippen LogP contribution in [0.15, 0.2) is 36.4 Å². The molecule has 11 heavy (non-hydrogen) atoms. The zero-order valence-corrected chi connectivity index (χ0v) is 6.46. The molecule has 1 atom stereocenters. The summed E-state index contributed by atoms with van der Waals surface area (Å²) >= 11 is 0. The maximum Gasteiger partial charge on any atom is -0.0147 e. The van der Waals surface area contributed by atoms with Crippen LogP contribution in [0.25, 0.3) is 0 Å². The average Bonchev–Trinajstić information content (AvgIpc) is 1.99. The molecule has 1 radical (unpaired) electrons. The number of hydrogen-bond donors (Lipinski definition) is 0. The first-order valence-electron chi connectivity index (χ1n) is 4.06. The van der Waals surface area contributed by atoms with Crippen LogP contribution in [0.1, 0.15) is 12.0 Å². The topological polar surface area (TPSA) is 0 Å². The summed E-state index contributed by atoms with van der Waals surface area (Å²) in [5.41, 5.74) is 1.44. The van der Waals surface area contributed by atoms with Crippen LogP contribution in [0.2, 0.25) is 0 Å². The molecular weight excluding hydrogens is 132 g/mol. The summed E-state index contributed by atoms with van der Waals surface area (Å²) in [4.78, 5) is 0. The smallest absolute Gasteiger partial charge is 0.0147 e. The van der Waals surface area contributed by atoms with Crippen molar-refractivity contribution in [2.75, 3.05) is 0 Å². The highest BCUT2D eigenvalue weighted by Crippen LogP contribution is 2.20. The molecule has 1 aliphatic carbocycles. The molecule has 0 aromatic heterocycles. The summed E-state index contributed by atoms with van der Waals surface area (Å²) in [5.74, 6) is 0.761. The number of benzene rings is 1. The Bertz CT molecular complexity index is 246. The van der Waals surface area contributed by atoms with Crippen molar-refractivity contribution in [3.05, 3.63) is 48.0 Å². The lowest BCUT2D eigenvalue weighted by Crippen LogP contribution is -2.06. The van der Waals surface area contributed by atoms with Crippen LogP contribution in [-0.4, -0.2) is 0 Å². The molecule has 0 bridgehead atoms. The second-order valence-electron chi connectivity index (χ2n) is 3.02. The molecule has 0 saturated heterocycles. The SMILES string of the molecule is [C]1=CC(Cc2ccccc2)C1. The van der Waals surface area contributed by atoms with Crippen LogP contribution in [0.3, 0.4) is 0 Å². The summed E-state index contributed by atoms with van der Waals surface area (Å²) in [6, 6.07) is 10.6. The maximum absolute atomic E-state index is 3.16. The second-order valence-corrected chi connectivity index (χ2v) is 3.02. The fourth-order valence-corrected chi connectivity index (χ4v) is 1.33. The Morgan fingerprint density at radius 3 is 2.55 bits per heavy atom. The minimum atomic E-state index is 0.761. The van der Waals surface area contributed by atoms with Gasteiger partial charge >= 0.3 is 0 Å². The zero-order chi connectivity index (χ0) is 7.52. The normalized spacial score (nSPS) is 21.3. The van der Waals surface area contributed by atoms with E-state index in [0.717, 1.165) is 12.3 Å². The molecule has 0 N–H and O–H groups in total. The average molecular weight is 143 g/mol. The number of allylic oxidation sites excluding steroid dienone is 2. The van der Waals surface area contributed by atoms with E-state index in [0.29, 0.717) is 0 Å². The number of rotatable bonds is 2. The summed E-state index contributed by atoms with van der Waals surface area (Å²) in [6.07, 6.45) is 7.67. The Labute approximate surface area is 67.6 Å². The standard InChI is InChI=1S/C11H11/c1-2-5-10(6-3-1)9-11-7-4-8-11/h1-3,5-7,11H,8-9H2. The van der Waals surface area contributed by atoms with Gasteiger partial charge in [-0.15, -0.1) is 0 Å². The van der Waals surface area contributed by atoms with Crippen LogP contribution in [0, 0.1) is 12.0 Å². The maximum atomic E-state index is 3.16. The first-order valence-corrected chi connectivity index (χ1v) is 4.06. The molecule has 0 heterocycles. The minimum Gasteiger partial charge on any atom is -0.0773 e. The highest BCUT2D eigenvalue weighted by atomic mass is 14.1. The molecule has 55 valence electrons. The Morgan fingerprint density at radius 2 is 2.00 bits per heavy atom. The minimum absolute atomic E-state index is 0.761. The summed E-state index contributed by atoms with van der Waals surface area (Å²) < 4.78 is 0. The Balaban J connectivity index is 2.01. The molecule has 1 unspecified atom stereocenters. The van der Waals surface area contributed by atoms with Gasteiger partial charge in [-0.05, 0) is 30.4 Å². The van der Waals surface area contributed by atoms with Crippen molar-refractivity contribution >= 4 is 0 Å². The molecule has 1 aromatic carbocycles. The fourth-order valence-electron chi connectivity index (χ4n) is 1.33. The predicted molar refractivity (Wildman–Crippen MR) is 46.1 cm³/mol. The molecule has 0 nitrogen and oxygen atoms in total. The molecule has 0 amide bonds. The highest BCUT2D eigenvalue weighted by molar-refractivity contribution is 5.17. The van der Waals surface area contributed by atoms with Crippen molar-refractivity contribution < 1.29 is 0 Å². The molecule has 0 fully saturated rings. The van der Waals surface area contributed by atoms with Crippen LogP contribution >= 0.6 is 0 Å². The molecule has 0 heteroatoms. The van der Waals surface area contributed by atoms with Crippen molar-refractivity contribution in [2.24, 2.45) is 5.92 Å². The lowest BCUT2D eigenvalue weighted by atomic mass is 9.89. The van der Waals surface area contributed by atoms with E-state index in [4.69, 9.17) is 0 Å². The first-order chi connectivity index (χ1) is 5.45. The van der Waals surface area contributed by atoms with Gasteiger partial charge < -0.3 is 0 Å². The third-order valence-corrected chi connectivity index (χ3v) is 2.07. The van der Waals surface area contributed by atoms with Gasteiger partial charge in [-0.2, -0.15) is 0 Å². The van der Waals surface area contributed by atoms with Gasteiger partial charge in [0.1, 0.15) is 0 Å². The van der Waals surface area contributed by atoms with Gasteiger partial charge in [-0.3, -0.25) is 0 Å². The van der Waals surface area contributed by atoms with Crippen molar-refractivity contribution in [3.8, 4) is 0 Å². The van der Waals surface area contributed by atoms with Gasteiger partial charge in [0.15, 0.2) is 0 Å². The van der Waals surface area contributed by atoms with E-state index in [2.05, 4.69) is 42.5 Å². The van der Waals surface area contributed by atoms with Gasteiger partial charge in [0.05, 0.1) is 0 Å². The van der Waals surface area contributed by atoms with Crippen LogP contribution in [0.5, 0.6) is 0 Å². The molecule has 1 aliphatic rings. The monoisotopic (exact) mass is 143 g/mol. The predicted octanol–water partition coefficient (Wildman–Crippen LogP) is 2.61. The summed E-state index contributed by atoms with van der Waals surface area (Å²) in [7, 11) is 0. The Morgan fingerprint density at radius 1 is 1.27 bits per heavy atom. The lowest BCUT2D eigenvalue weighted by molar-refractivity contribution is 0.592. The van der Waals surface area contributed by atoms with Gasteiger partial charge in [0.2, 0.25) is 0 Å². The van der Waals surface area contributed by atoms with Gasteiger partial charge in [0, 0.05) is 0 Å². The first kappa shape index (κ1) is 6.66. The van der Waals surface area contributed by atoms with E-state index in [9.17, 15) is 0 Å². The Kier molecular flexibility index (Phi) is 1.76. The summed E-state index contributed by atoms with van der Waals surface area (Å²) in [5, 5.41) is 0. The third-order valence-electron chi connectivity index (χ3n) is 2.07. The van der Waals surface area contributed by atoms with Gasteiger partial charge in [0.25, 0.3) is 0 Å². The molecule has 0 spiro atoms. The quantitative estimate of drug-likeness (QED) is 0.597. The largest absolute Gasteiger partial charge is 0.0773 e. The van der Waals surface area contributed by atoms with E-state index < -0.39 is 0 Å². The van der Waals surface area contributed by atoms with E-state index >= 15 is 0 Å². The third kappa shape index (κ3) is 1.51. The van der Waals surface area contributed by atoms with E-state index in [-0.39, 0.29) is 0 Å². The van der Waals surface area contributed by atoms with Crippen LogP contribution < -0.4 is 0 Å². The van der Waals surface area contributed by atoms with E-state index in [1.807, 2.05) is 0 Å². The molecule has 2 rings (SSSR count). The molecule has 0 saturated carbocycles. The van der Waals surface area contributed by atoms with E-state index in [1.54, 1.807) is 0 Å². The zero-order valence-electron chi connectivity index (χ0n) is 6.46.